The summed E-state index contributed by atoms with van der Waals surface area (Å²) in [4.78, 5) is 0.701. The maximum absolute atomic E-state index is 9.99. The van der Waals surface area contributed by atoms with Gasteiger partial charge < -0.3 is 24.4 Å². The standard InChI is InChI=1S/C25H35ClO5S/c1-4-5-12-29-15-21(28)17-30-22-9-6-18(7-10-22)25(2,3)19-8-11-23(24(32)13-19)31-16-20(27)14-26/h6-11,13,20-21,27-28,32H,4-5,12,14-17H2,1-3H3. The molecule has 7 heteroatoms. The van der Waals surface area contributed by atoms with Crippen molar-refractivity contribution in [2.45, 2.75) is 56.1 Å². The van der Waals surface area contributed by atoms with Gasteiger partial charge in [-0.2, -0.15) is 0 Å². The number of benzene rings is 2. The average molecular weight is 483 g/mol. The topological polar surface area (TPSA) is 68.2 Å². The van der Waals surface area contributed by atoms with Crippen molar-refractivity contribution in [1.82, 2.24) is 0 Å². The second kappa shape index (κ2) is 13.3. The lowest BCUT2D eigenvalue weighted by molar-refractivity contribution is 0.0113. The fourth-order valence-electron chi connectivity index (χ4n) is 3.10. The Balaban J connectivity index is 1.96. The van der Waals surface area contributed by atoms with Crippen LogP contribution in [-0.4, -0.2) is 54.7 Å². The van der Waals surface area contributed by atoms with E-state index in [1.165, 1.54) is 0 Å². The quantitative estimate of drug-likeness (QED) is 0.204. The largest absolute Gasteiger partial charge is 0.491 e. The van der Waals surface area contributed by atoms with E-state index in [2.05, 4.69) is 33.4 Å². The summed E-state index contributed by atoms with van der Waals surface area (Å²) in [7, 11) is 0. The summed E-state index contributed by atoms with van der Waals surface area (Å²) in [5, 5.41) is 19.6. The van der Waals surface area contributed by atoms with Gasteiger partial charge in [-0.25, -0.2) is 0 Å². The monoisotopic (exact) mass is 482 g/mol. The SMILES string of the molecule is CCCCOCC(O)COc1ccc(C(C)(C)c2ccc(OCC(O)CCl)c(S)c2)cc1. The Labute approximate surface area is 202 Å². The van der Waals surface area contributed by atoms with Crippen LogP contribution in [-0.2, 0) is 10.2 Å². The number of unbranched alkanes of at least 4 members (excludes halogenated alkanes) is 1. The first-order valence-electron chi connectivity index (χ1n) is 11.0. The number of hydrogen-bond donors (Lipinski definition) is 3. The molecule has 2 aromatic carbocycles. The van der Waals surface area contributed by atoms with Gasteiger partial charge in [0.2, 0.25) is 0 Å². The third-order valence-corrected chi connectivity index (χ3v) is 5.97. The first-order valence-corrected chi connectivity index (χ1v) is 12.0. The van der Waals surface area contributed by atoms with Gasteiger partial charge in [-0.15, -0.1) is 24.2 Å². The van der Waals surface area contributed by atoms with Crippen molar-refractivity contribution in [2.75, 3.05) is 32.3 Å². The van der Waals surface area contributed by atoms with E-state index in [1.54, 1.807) is 0 Å². The van der Waals surface area contributed by atoms with Gasteiger partial charge in [0, 0.05) is 16.9 Å². The van der Waals surface area contributed by atoms with Crippen LogP contribution in [0.4, 0.5) is 0 Å². The summed E-state index contributed by atoms with van der Waals surface area (Å²) in [6.07, 6.45) is 0.701. The van der Waals surface area contributed by atoms with Gasteiger partial charge >= 0.3 is 0 Å². The van der Waals surface area contributed by atoms with E-state index in [0.29, 0.717) is 23.0 Å². The molecule has 0 heterocycles. The highest BCUT2D eigenvalue weighted by atomic mass is 35.5. The van der Waals surface area contributed by atoms with Crippen molar-refractivity contribution in [3.63, 3.8) is 0 Å². The molecule has 2 atom stereocenters. The molecule has 2 N–H and O–H groups in total. The molecule has 0 amide bonds. The predicted octanol–water partition coefficient (Wildman–Crippen LogP) is 4.84. The molecule has 0 aliphatic heterocycles. The number of aliphatic hydroxyl groups excluding tert-OH is 2. The lowest BCUT2D eigenvalue weighted by Crippen LogP contribution is -2.24. The Morgan fingerprint density at radius 3 is 2.22 bits per heavy atom. The van der Waals surface area contributed by atoms with Crippen LogP contribution in [0.3, 0.4) is 0 Å². The summed E-state index contributed by atoms with van der Waals surface area (Å²) in [6.45, 7) is 7.64. The van der Waals surface area contributed by atoms with Crippen LogP contribution in [0.2, 0.25) is 0 Å². The lowest BCUT2D eigenvalue weighted by atomic mass is 9.78. The Kier molecular flexibility index (Phi) is 11.2. The molecule has 2 aromatic rings. The van der Waals surface area contributed by atoms with Gasteiger partial charge in [-0.05, 0) is 41.8 Å². The molecule has 5 nitrogen and oxygen atoms in total. The zero-order valence-electron chi connectivity index (χ0n) is 19.1. The first kappa shape index (κ1) is 26.8. The number of halogens is 1. The molecule has 2 unspecified atom stereocenters. The summed E-state index contributed by atoms with van der Waals surface area (Å²) < 4.78 is 16.7. The van der Waals surface area contributed by atoms with Gasteiger partial charge in [0.25, 0.3) is 0 Å². The highest BCUT2D eigenvalue weighted by molar-refractivity contribution is 7.80. The van der Waals surface area contributed by atoms with Crippen LogP contribution in [0.15, 0.2) is 47.4 Å². The molecular formula is C25H35ClO5S. The molecule has 0 saturated carbocycles. The summed E-state index contributed by atoms with van der Waals surface area (Å²) in [5.41, 5.74) is 1.94. The van der Waals surface area contributed by atoms with Crippen molar-refractivity contribution >= 4 is 24.2 Å². The van der Waals surface area contributed by atoms with E-state index < -0.39 is 12.2 Å². The van der Waals surface area contributed by atoms with E-state index >= 15 is 0 Å². The summed E-state index contributed by atoms with van der Waals surface area (Å²) in [5.74, 6) is 1.44. The molecule has 0 saturated heterocycles. The van der Waals surface area contributed by atoms with E-state index in [1.807, 2.05) is 42.5 Å². The Morgan fingerprint density at radius 1 is 0.938 bits per heavy atom. The van der Waals surface area contributed by atoms with Gasteiger partial charge in [0.05, 0.1) is 12.5 Å². The minimum atomic E-state index is -0.712. The number of alkyl halides is 1. The Hall–Kier alpha value is -1.44. The Bertz CT molecular complexity index is 812. The second-order valence-electron chi connectivity index (χ2n) is 8.34. The van der Waals surface area contributed by atoms with Crippen molar-refractivity contribution in [3.8, 4) is 11.5 Å². The minimum absolute atomic E-state index is 0.123. The van der Waals surface area contributed by atoms with Crippen LogP contribution in [0.1, 0.15) is 44.7 Å². The van der Waals surface area contributed by atoms with Crippen LogP contribution in [0.25, 0.3) is 0 Å². The first-order chi connectivity index (χ1) is 15.3. The molecule has 178 valence electrons. The van der Waals surface area contributed by atoms with Crippen LogP contribution >= 0.6 is 24.2 Å². The molecule has 2 rings (SSSR count). The van der Waals surface area contributed by atoms with Gasteiger partial charge in [-0.1, -0.05) is 45.4 Å². The molecule has 0 spiro atoms. The van der Waals surface area contributed by atoms with E-state index in [-0.39, 0.29) is 31.1 Å². The average Bonchev–Trinajstić information content (AvgIpc) is 2.79. The second-order valence-corrected chi connectivity index (χ2v) is 9.13. The highest BCUT2D eigenvalue weighted by Gasteiger charge is 2.24. The number of thiol groups is 1. The van der Waals surface area contributed by atoms with Crippen molar-refractivity contribution in [3.05, 3.63) is 53.6 Å². The fourth-order valence-corrected chi connectivity index (χ4v) is 3.47. The van der Waals surface area contributed by atoms with Crippen LogP contribution in [0, 0.1) is 0 Å². The third-order valence-electron chi connectivity index (χ3n) is 5.26. The molecular weight excluding hydrogens is 448 g/mol. The number of hydrogen-bond acceptors (Lipinski definition) is 6. The molecule has 0 aliphatic carbocycles. The zero-order valence-corrected chi connectivity index (χ0v) is 20.7. The maximum Gasteiger partial charge on any atom is 0.132 e. The number of ether oxygens (including phenoxy) is 3. The van der Waals surface area contributed by atoms with Gasteiger partial charge in [0.15, 0.2) is 0 Å². The maximum atomic E-state index is 9.99. The zero-order chi connectivity index (χ0) is 23.6. The molecule has 0 fully saturated rings. The van der Waals surface area contributed by atoms with E-state index in [9.17, 15) is 10.2 Å². The lowest BCUT2D eigenvalue weighted by Gasteiger charge is -2.27. The molecule has 0 radical (unpaired) electrons. The number of rotatable bonds is 14. The normalized spacial score (nSPS) is 13.6. The summed E-state index contributed by atoms with van der Waals surface area (Å²) >= 11 is 10.2. The van der Waals surface area contributed by atoms with Crippen LogP contribution < -0.4 is 9.47 Å². The molecule has 0 aromatic heterocycles. The van der Waals surface area contributed by atoms with Crippen molar-refractivity contribution < 1.29 is 24.4 Å². The van der Waals surface area contributed by atoms with Gasteiger partial charge in [0.1, 0.15) is 36.9 Å². The summed E-state index contributed by atoms with van der Waals surface area (Å²) in [6, 6.07) is 13.7. The third kappa shape index (κ3) is 8.16. The van der Waals surface area contributed by atoms with Crippen molar-refractivity contribution in [1.29, 1.82) is 0 Å². The van der Waals surface area contributed by atoms with E-state index in [4.69, 9.17) is 25.8 Å². The predicted molar refractivity (Wildman–Crippen MR) is 132 cm³/mol. The highest BCUT2D eigenvalue weighted by Crippen LogP contribution is 2.36. The number of aliphatic hydroxyl groups is 2. The van der Waals surface area contributed by atoms with Crippen molar-refractivity contribution in [2.24, 2.45) is 0 Å². The molecule has 32 heavy (non-hydrogen) atoms. The fraction of sp³-hybridized carbons (Fsp3) is 0.520. The van der Waals surface area contributed by atoms with Gasteiger partial charge in [-0.3, -0.25) is 0 Å². The minimum Gasteiger partial charge on any atom is -0.491 e. The molecule has 0 aliphatic rings. The Morgan fingerprint density at radius 2 is 1.59 bits per heavy atom. The van der Waals surface area contributed by atoms with E-state index in [0.717, 1.165) is 24.0 Å². The van der Waals surface area contributed by atoms with Crippen LogP contribution in [0.5, 0.6) is 11.5 Å². The molecule has 0 bridgehead atoms. The smallest absolute Gasteiger partial charge is 0.132 e.